The molecule has 0 radical (unpaired) electrons. The number of carbonyl (C=O) groups excluding carboxylic acids is 1. The Morgan fingerprint density at radius 1 is 1.71 bits per heavy atom. The van der Waals surface area contributed by atoms with Crippen molar-refractivity contribution in [3.8, 4) is 0 Å². The highest BCUT2D eigenvalue weighted by molar-refractivity contribution is 5.80. The first kappa shape index (κ1) is 10.7. The number of amides is 1. The molecule has 0 aliphatic heterocycles. The van der Waals surface area contributed by atoms with Gasteiger partial charge in [-0.25, -0.2) is 0 Å². The second-order valence-corrected chi connectivity index (χ2v) is 3.15. The number of likely N-dealkylation sites (N-methyl/N-ethyl adjacent to an activating group) is 1. The van der Waals surface area contributed by atoms with E-state index in [0.717, 1.165) is 11.5 Å². The van der Waals surface area contributed by atoms with Gasteiger partial charge in [0.25, 0.3) is 0 Å². The molecule has 1 rings (SSSR count). The third-order valence-electron chi connectivity index (χ3n) is 1.90. The molecule has 1 atom stereocenters. The molecule has 1 aromatic rings. The Bertz CT molecular complexity index is 309. The fraction of sp³-hybridized carbons (Fsp3) is 0.556. The molecule has 2 N–H and O–H groups in total. The summed E-state index contributed by atoms with van der Waals surface area (Å²) in [6.07, 6.45) is 0. The predicted molar refractivity (Wildman–Crippen MR) is 51.6 cm³/mol. The van der Waals surface area contributed by atoms with Crippen LogP contribution >= 0.6 is 0 Å². The Hall–Kier alpha value is -1.36. The van der Waals surface area contributed by atoms with Crippen LogP contribution in [0.2, 0.25) is 0 Å². The monoisotopic (exact) mass is 197 g/mol. The molecular weight excluding hydrogens is 182 g/mol. The van der Waals surface area contributed by atoms with Gasteiger partial charge in [0, 0.05) is 13.1 Å². The third kappa shape index (κ3) is 2.85. The zero-order valence-corrected chi connectivity index (χ0v) is 8.63. The second-order valence-electron chi connectivity index (χ2n) is 3.15. The number of nitrogens with one attached hydrogen (secondary N) is 2. The fourth-order valence-electron chi connectivity index (χ4n) is 1.06. The Kier molecular flexibility index (Phi) is 3.64. The third-order valence-corrected chi connectivity index (χ3v) is 1.90. The molecule has 1 amide bonds. The molecular formula is C9H15N3O2. The smallest absolute Gasteiger partial charge is 0.236 e. The normalized spacial score (nSPS) is 12.5. The van der Waals surface area contributed by atoms with Crippen LogP contribution in [0.5, 0.6) is 0 Å². The van der Waals surface area contributed by atoms with E-state index in [1.165, 1.54) is 0 Å². The Morgan fingerprint density at radius 3 is 2.93 bits per heavy atom. The number of nitrogens with zero attached hydrogens (tertiary/aromatic N) is 1. The van der Waals surface area contributed by atoms with Gasteiger partial charge < -0.3 is 9.84 Å². The summed E-state index contributed by atoms with van der Waals surface area (Å²) in [4.78, 5) is 11.1. The van der Waals surface area contributed by atoms with Crippen LogP contribution in [0.25, 0.3) is 0 Å². The molecule has 0 saturated heterocycles. The van der Waals surface area contributed by atoms with Crippen molar-refractivity contribution in [2.24, 2.45) is 0 Å². The predicted octanol–water partition coefficient (Wildman–Crippen LogP) is 0.207. The van der Waals surface area contributed by atoms with Crippen LogP contribution in [0.1, 0.15) is 18.4 Å². The molecule has 0 saturated carbocycles. The van der Waals surface area contributed by atoms with Crippen molar-refractivity contribution in [2.45, 2.75) is 26.4 Å². The lowest BCUT2D eigenvalue weighted by atomic mass is 10.3. The first-order chi connectivity index (χ1) is 6.63. The maximum Gasteiger partial charge on any atom is 0.236 e. The van der Waals surface area contributed by atoms with Crippen LogP contribution in [0.15, 0.2) is 10.6 Å². The molecule has 1 heterocycles. The van der Waals surface area contributed by atoms with E-state index in [1.54, 1.807) is 14.0 Å². The zero-order valence-electron chi connectivity index (χ0n) is 8.63. The molecule has 5 heteroatoms. The number of carbonyl (C=O) groups is 1. The van der Waals surface area contributed by atoms with Gasteiger partial charge in [0.15, 0.2) is 5.76 Å². The van der Waals surface area contributed by atoms with Crippen LogP contribution in [0.3, 0.4) is 0 Å². The second kappa shape index (κ2) is 4.76. The standard InChI is InChI=1S/C9H15N3O2/c1-6-4-8(14-12-6)5-11-7(2)9(13)10-3/h4,7,11H,5H2,1-3H3,(H,10,13). The Balaban J connectivity index is 2.37. The van der Waals surface area contributed by atoms with Gasteiger partial charge in [-0.2, -0.15) is 0 Å². The highest BCUT2D eigenvalue weighted by Gasteiger charge is 2.10. The molecule has 0 aromatic carbocycles. The molecule has 0 aliphatic carbocycles. The molecule has 1 aromatic heterocycles. The fourth-order valence-corrected chi connectivity index (χ4v) is 1.06. The number of aryl methyl sites for hydroxylation is 1. The minimum Gasteiger partial charge on any atom is -0.360 e. The summed E-state index contributed by atoms with van der Waals surface area (Å²) in [5, 5.41) is 9.32. The zero-order chi connectivity index (χ0) is 10.6. The highest BCUT2D eigenvalue weighted by Crippen LogP contribution is 2.01. The summed E-state index contributed by atoms with van der Waals surface area (Å²) in [6, 6.07) is 1.61. The molecule has 14 heavy (non-hydrogen) atoms. The van der Waals surface area contributed by atoms with Crippen molar-refractivity contribution in [3.63, 3.8) is 0 Å². The van der Waals surface area contributed by atoms with E-state index in [-0.39, 0.29) is 11.9 Å². The van der Waals surface area contributed by atoms with Crippen LogP contribution in [0, 0.1) is 6.92 Å². The van der Waals surface area contributed by atoms with Gasteiger partial charge in [-0.05, 0) is 13.8 Å². The van der Waals surface area contributed by atoms with Crippen LogP contribution in [-0.4, -0.2) is 24.2 Å². The van der Waals surface area contributed by atoms with Crippen LogP contribution in [-0.2, 0) is 11.3 Å². The minimum atomic E-state index is -0.231. The van der Waals surface area contributed by atoms with Crippen molar-refractivity contribution in [2.75, 3.05) is 7.05 Å². The Labute approximate surface area is 82.8 Å². The quantitative estimate of drug-likeness (QED) is 0.724. The largest absolute Gasteiger partial charge is 0.360 e. The van der Waals surface area contributed by atoms with Crippen LogP contribution < -0.4 is 10.6 Å². The van der Waals surface area contributed by atoms with Gasteiger partial charge in [0.1, 0.15) is 0 Å². The van der Waals surface area contributed by atoms with Crippen molar-refractivity contribution in [1.82, 2.24) is 15.8 Å². The van der Waals surface area contributed by atoms with Gasteiger partial charge in [0.2, 0.25) is 5.91 Å². The highest BCUT2D eigenvalue weighted by atomic mass is 16.5. The SMILES string of the molecule is CNC(=O)C(C)NCc1cc(C)no1. The van der Waals surface area contributed by atoms with E-state index in [2.05, 4.69) is 15.8 Å². The van der Waals surface area contributed by atoms with Gasteiger partial charge in [-0.15, -0.1) is 0 Å². The minimum absolute atomic E-state index is 0.0405. The molecule has 0 bridgehead atoms. The van der Waals surface area contributed by atoms with Crippen molar-refractivity contribution < 1.29 is 9.32 Å². The molecule has 5 nitrogen and oxygen atoms in total. The number of aromatic nitrogens is 1. The van der Waals surface area contributed by atoms with Crippen molar-refractivity contribution in [3.05, 3.63) is 17.5 Å². The summed E-state index contributed by atoms with van der Waals surface area (Å²) in [5.74, 6) is 0.694. The summed E-state index contributed by atoms with van der Waals surface area (Å²) in [5.41, 5.74) is 0.842. The molecule has 78 valence electrons. The van der Waals surface area contributed by atoms with E-state index in [9.17, 15) is 4.79 Å². The molecule has 0 spiro atoms. The van der Waals surface area contributed by atoms with E-state index < -0.39 is 0 Å². The Morgan fingerprint density at radius 2 is 2.43 bits per heavy atom. The number of hydrogen-bond acceptors (Lipinski definition) is 4. The molecule has 0 aliphatic rings. The molecule has 0 fully saturated rings. The number of rotatable bonds is 4. The van der Waals surface area contributed by atoms with Gasteiger partial charge in [-0.1, -0.05) is 5.16 Å². The van der Waals surface area contributed by atoms with Crippen molar-refractivity contribution in [1.29, 1.82) is 0 Å². The first-order valence-electron chi connectivity index (χ1n) is 4.50. The maximum atomic E-state index is 11.1. The van der Waals surface area contributed by atoms with E-state index in [1.807, 2.05) is 13.0 Å². The summed E-state index contributed by atoms with van der Waals surface area (Å²) in [7, 11) is 1.61. The lowest BCUT2D eigenvalue weighted by molar-refractivity contribution is -0.122. The summed E-state index contributed by atoms with van der Waals surface area (Å²) < 4.78 is 4.98. The first-order valence-corrected chi connectivity index (χ1v) is 4.50. The van der Waals surface area contributed by atoms with E-state index >= 15 is 0 Å². The average molecular weight is 197 g/mol. The lowest BCUT2D eigenvalue weighted by Gasteiger charge is -2.09. The van der Waals surface area contributed by atoms with Gasteiger partial charge >= 0.3 is 0 Å². The number of hydrogen-bond donors (Lipinski definition) is 2. The van der Waals surface area contributed by atoms with Gasteiger partial charge in [0.05, 0.1) is 18.3 Å². The summed E-state index contributed by atoms with van der Waals surface area (Å²) >= 11 is 0. The topological polar surface area (TPSA) is 67.2 Å². The van der Waals surface area contributed by atoms with Crippen molar-refractivity contribution >= 4 is 5.91 Å². The van der Waals surface area contributed by atoms with E-state index in [0.29, 0.717) is 6.54 Å². The van der Waals surface area contributed by atoms with Gasteiger partial charge in [-0.3, -0.25) is 10.1 Å². The van der Waals surface area contributed by atoms with E-state index in [4.69, 9.17) is 4.52 Å². The average Bonchev–Trinajstić information content (AvgIpc) is 2.59. The van der Waals surface area contributed by atoms with Crippen LogP contribution in [0.4, 0.5) is 0 Å². The molecule has 1 unspecified atom stereocenters. The lowest BCUT2D eigenvalue weighted by Crippen LogP contribution is -2.40. The maximum absolute atomic E-state index is 11.1. The summed E-state index contributed by atoms with van der Waals surface area (Å²) in [6.45, 7) is 4.16.